The normalized spacial score (nSPS) is 24.5. The molecule has 2 aliphatic heterocycles. The molecule has 2 fully saturated rings. The first-order valence-corrected chi connectivity index (χ1v) is 10.7. The molecule has 0 aromatic carbocycles. The monoisotopic (exact) mass is 435 g/mol. The first-order valence-electron chi connectivity index (χ1n) is 8.74. The largest absolute Gasteiger partial charge is 0.477 e. The molecule has 12 heteroatoms. The summed E-state index contributed by atoms with van der Waals surface area (Å²) in [6.45, 7) is 0. The lowest BCUT2D eigenvalue weighted by atomic mass is 10.0. The van der Waals surface area contributed by atoms with Gasteiger partial charge in [0.15, 0.2) is 10.8 Å². The number of thiazole rings is 1. The Labute approximate surface area is 173 Å². The number of hydrogen-bond donors (Lipinski definition) is 4. The van der Waals surface area contributed by atoms with Crippen molar-refractivity contribution in [3.05, 3.63) is 34.5 Å². The van der Waals surface area contributed by atoms with Crippen LogP contribution in [0.2, 0.25) is 0 Å². The summed E-state index contributed by atoms with van der Waals surface area (Å²) in [6.07, 6.45) is 5.95. The van der Waals surface area contributed by atoms with E-state index in [4.69, 9.17) is 5.73 Å². The number of allylic oxidation sites excluding steroid dienone is 2. The maximum Gasteiger partial charge on any atom is 0.352 e. The van der Waals surface area contributed by atoms with Crippen LogP contribution in [0.1, 0.15) is 18.5 Å². The van der Waals surface area contributed by atoms with E-state index in [0.717, 1.165) is 24.2 Å². The third kappa shape index (κ3) is 3.60. The summed E-state index contributed by atoms with van der Waals surface area (Å²) < 4.78 is 0. The van der Waals surface area contributed by atoms with Gasteiger partial charge in [0.25, 0.3) is 11.8 Å². The van der Waals surface area contributed by atoms with E-state index in [1.165, 1.54) is 22.0 Å². The summed E-state index contributed by atoms with van der Waals surface area (Å²) in [5, 5.41) is 25.4. The number of hydrogen-bond acceptors (Lipinski definition) is 9. The smallest absolute Gasteiger partial charge is 0.352 e. The molecular weight excluding hydrogens is 418 g/mol. The Morgan fingerprint density at radius 1 is 1.41 bits per heavy atom. The summed E-state index contributed by atoms with van der Waals surface area (Å²) in [5.74, 6) is -1.61. The maximum absolute atomic E-state index is 12.6. The van der Waals surface area contributed by atoms with Crippen molar-refractivity contribution in [3.8, 4) is 0 Å². The van der Waals surface area contributed by atoms with Crippen LogP contribution >= 0.6 is 23.1 Å². The zero-order valence-electron chi connectivity index (χ0n) is 14.9. The fraction of sp³-hybridized carbons (Fsp3) is 0.353. The number of carbonyl (C=O) groups is 3. The van der Waals surface area contributed by atoms with Crippen LogP contribution in [0.5, 0.6) is 0 Å². The summed E-state index contributed by atoms with van der Waals surface area (Å²) in [4.78, 5) is 42.0. The Morgan fingerprint density at radius 2 is 2.17 bits per heavy atom. The van der Waals surface area contributed by atoms with E-state index in [0.29, 0.717) is 17.2 Å². The second-order valence-corrected chi connectivity index (χ2v) is 8.75. The summed E-state index contributed by atoms with van der Waals surface area (Å²) in [7, 11) is 0. The number of nitrogens with two attached hydrogens (primary N) is 1. The van der Waals surface area contributed by atoms with Crippen molar-refractivity contribution in [2.75, 3.05) is 11.5 Å². The number of carboxylic acid groups (broad SMARTS) is 1. The van der Waals surface area contributed by atoms with Gasteiger partial charge in [-0.25, -0.2) is 9.78 Å². The van der Waals surface area contributed by atoms with E-state index in [-0.39, 0.29) is 22.2 Å². The van der Waals surface area contributed by atoms with Gasteiger partial charge in [0.05, 0.1) is 0 Å². The van der Waals surface area contributed by atoms with Crippen molar-refractivity contribution in [2.24, 2.45) is 11.1 Å². The van der Waals surface area contributed by atoms with Crippen LogP contribution in [0.25, 0.3) is 0 Å². The molecule has 1 saturated carbocycles. The van der Waals surface area contributed by atoms with Crippen molar-refractivity contribution in [3.63, 3.8) is 0 Å². The molecule has 3 aliphatic rings. The highest BCUT2D eigenvalue weighted by Gasteiger charge is 2.54. The van der Waals surface area contributed by atoms with Gasteiger partial charge in [-0.05, 0) is 24.3 Å². The second-order valence-electron chi connectivity index (χ2n) is 6.76. The van der Waals surface area contributed by atoms with Crippen LogP contribution in [0.3, 0.4) is 0 Å². The highest BCUT2D eigenvalue weighted by molar-refractivity contribution is 8.00. The number of carbonyl (C=O) groups excluding carboxylic acids is 2. The third-order valence-electron chi connectivity index (χ3n) is 4.76. The minimum Gasteiger partial charge on any atom is -0.477 e. The first kappa shape index (κ1) is 19.5. The minimum atomic E-state index is -1.18. The average molecular weight is 435 g/mol. The Hall–Kier alpha value is -2.86. The number of nitrogens with one attached hydrogen (secondary N) is 1. The molecule has 1 saturated heterocycles. The van der Waals surface area contributed by atoms with Gasteiger partial charge in [-0.2, -0.15) is 0 Å². The molecule has 4 rings (SSSR count). The number of oxime groups is 1. The van der Waals surface area contributed by atoms with E-state index in [2.05, 4.69) is 15.5 Å². The molecule has 2 atom stereocenters. The van der Waals surface area contributed by atoms with E-state index in [9.17, 15) is 24.7 Å². The number of rotatable bonds is 6. The van der Waals surface area contributed by atoms with Crippen LogP contribution in [-0.4, -0.2) is 60.9 Å². The molecule has 5 N–H and O–H groups in total. The molecule has 0 radical (unpaired) electrons. The topological polar surface area (TPSA) is 158 Å². The summed E-state index contributed by atoms with van der Waals surface area (Å²) in [5.41, 5.74) is 5.78. The standard InChI is InChI=1S/C17H17N5O5S2/c18-17-19-9(6-29-17)10(21-27)13(23)20-11-14(24)22-12(16(25)26)8(5-28-15(11)22)4-3-7-1-2-7/h3-4,6-7,11,15,27H,1-2,5H2,(H2,18,19)(H,20,23)(H,25,26)/b4-3-,21-10-/t11-,15-/m1/s1. The van der Waals surface area contributed by atoms with E-state index >= 15 is 0 Å². The van der Waals surface area contributed by atoms with E-state index in [1.807, 2.05) is 6.08 Å². The quantitative estimate of drug-likeness (QED) is 0.219. The lowest BCUT2D eigenvalue weighted by Gasteiger charge is -2.49. The van der Waals surface area contributed by atoms with Gasteiger partial charge in [0.1, 0.15) is 22.8 Å². The van der Waals surface area contributed by atoms with Crippen LogP contribution < -0.4 is 11.1 Å². The van der Waals surface area contributed by atoms with Gasteiger partial charge in [0, 0.05) is 11.1 Å². The average Bonchev–Trinajstić information content (AvgIpc) is 3.43. The van der Waals surface area contributed by atoms with Gasteiger partial charge in [-0.15, -0.1) is 23.1 Å². The highest BCUT2D eigenvalue weighted by atomic mass is 32.2. The molecule has 1 aromatic heterocycles. The Kier molecular flexibility index (Phi) is 5.04. The molecular formula is C17H17N5O5S2. The van der Waals surface area contributed by atoms with Crippen LogP contribution in [0.15, 0.2) is 34.0 Å². The van der Waals surface area contributed by atoms with Crippen molar-refractivity contribution in [1.82, 2.24) is 15.2 Å². The van der Waals surface area contributed by atoms with Gasteiger partial charge in [0.2, 0.25) is 0 Å². The maximum atomic E-state index is 12.6. The van der Waals surface area contributed by atoms with Crippen molar-refractivity contribution >= 4 is 51.7 Å². The molecule has 0 unspecified atom stereocenters. The molecule has 1 aliphatic carbocycles. The van der Waals surface area contributed by atoms with Gasteiger partial charge >= 0.3 is 5.97 Å². The predicted molar refractivity (Wildman–Crippen MR) is 106 cm³/mol. The molecule has 29 heavy (non-hydrogen) atoms. The number of aromatic nitrogens is 1. The number of nitrogens with zero attached hydrogens (tertiary/aromatic N) is 3. The van der Waals surface area contributed by atoms with Gasteiger partial charge in [-0.1, -0.05) is 17.3 Å². The third-order valence-corrected chi connectivity index (χ3v) is 6.73. The summed E-state index contributed by atoms with van der Waals surface area (Å²) >= 11 is 2.44. The Balaban J connectivity index is 1.51. The van der Waals surface area contributed by atoms with Crippen molar-refractivity contribution in [2.45, 2.75) is 24.3 Å². The van der Waals surface area contributed by atoms with Crippen LogP contribution in [0.4, 0.5) is 5.13 Å². The number of amides is 2. The lowest BCUT2D eigenvalue weighted by molar-refractivity contribution is -0.150. The highest BCUT2D eigenvalue weighted by Crippen LogP contribution is 2.41. The Bertz CT molecular complexity index is 981. The zero-order chi connectivity index (χ0) is 20.7. The SMILES string of the molecule is Nc1nc(/C(=N/O)C(=O)N[C@@H]2C(=O)N3C(C(=O)O)=C(/C=C\C4CC4)CS[C@H]23)cs1. The Morgan fingerprint density at radius 3 is 2.76 bits per heavy atom. The number of carboxylic acids is 1. The molecule has 1 aromatic rings. The van der Waals surface area contributed by atoms with E-state index in [1.54, 1.807) is 6.08 Å². The number of nitrogen functional groups attached to an aromatic ring is 1. The first-order chi connectivity index (χ1) is 13.9. The van der Waals surface area contributed by atoms with Crippen molar-refractivity contribution in [1.29, 1.82) is 0 Å². The molecule has 152 valence electrons. The van der Waals surface area contributed by atoms with Gasteiger partial charge < -0.3 is 21.4 Å². The fourth-order valence-electron chi connectivity index (χ4n) is 3.13. The number of anilines is 1. The molecule has 10 nitrogen and oxygen atoms in total. The predicted octanol–water partition coefficient (Wildman–Crippen LogP) is 0.608. The zero-order valence-corrected chi connectivity index (χ0v) is 16.6. The van der Waals surface area contributed by atoms with E-state index < -0.39 is 29.2 Å². The number of fused-ring (bicyclic) bond motifs is 1. The molecule has 0 spiro atoms. The number of aliphatic carboxylic acids is 1. The molecule has 2 amide bonds. The lowest BCUT2D eigenvalue weighted by Crippen LogP contribution is -2.71. The minimum absolute atomic E-state index is 0.0514. The van der Waals surface area contributed by atoms with Crippen LogP contribution in [-0.2, 0) is 14.4 Å². The fourth-order valence-corrected chi connectivity index (χ4v) is 5.00. The second kappa shape index (κ2) is 7.52. The summed E-state index contributed by atoms with van der Waals surface area (Å²) in [6, 6.07) is -0.927. The van der Waals surface area contributed by atoms with Crippen LogP contribution in [0, 0.1) is 5.92 Å². The van der Waals surface area contributed by atoms with Gasteiger partial charge in [-0.3, -0.25) is 14.5 Å². The molecule has 3 heterocycles. The number of β-lactam (4-membered cyclic amide) rings is 1. The number of thioether (sulfide) groups is 1. The van der Waals surface area contributed by atoms with Crippen molar-refractivity contribution < 1.29 is 24.7 Å². The molecule has 0 bridgehead atoms.